The number of carbonyl (C=O) groups is 1. The second-order valence-electron chi connectivity index (χ2n) is 6.58. The summed E-state index contributed by atoms with van der Waals surface area (Å²) in [5.41, 5.74) is 1.25. The lowest BCUT2D eigenvalue weighted by atomic mass is 9.87. The van der Waals surface area contributed by atoms with Gasteiger partial charge in [0.15, 0.2) is 5.54 Å². The highest BCUT2D eigenvalue weighted by Crippen LogP contribution is 2.30. The van der Waals surface area contributed by atoms with Gasteiger partial charge in [-0.1, -0.05) is 5.57 Å². The fraction of sp³-hybridized carbons (Fsp3) is 0.444. The van der Waals surface area contributed by atoms with E-state index in [1.165, 1.54) is 5.57 Å². The highest BCUT2D eigenvalue weighted by molar-refractivity contribution is 5.76. The number of nitrogens with zero attached hydrogens (tertiary/aromatic N) is 3. The van der Waals surface area contributed by atoms with Crippen molar-refractivity contribution in [1.29, 1.82) is 0 Å². The summed E-state index contributed by atoms with van der Waals surface area (Å²) in [7, 11) is 0. The third-order valence-electron chi connectivity index (χ3n) is 4.64. The standard InChI is InChI=1S/C18H23N3O3/c1-14(10-16-4-3-9-24-16)12-20-7-5-18(6-8-20,17(22)23)21-13-15(2)11-19-21/h3-4,9-11,13H,5-8,12H2,1-2H3,(H,22,23). The van der Waals surface area contributed by atoms with E-state index in [0.717, 1.165) is 31.0 Å². The van der Waals surface area contributed by atoms with Crippen molar-refractivity contribution in [2.75, 3.05) is 19.6 Å². The highest BCUT2D eigenvalue weighted by atomic mass is 16.4. The van der Waals surface area contributed by atoms with Gasteiger partial charge < -0.3 is 9.52 Å². The average Bonchev–Trinajstić information content (AvgIpc) is 3.20. The fourth-order valence-corrected chi connectivity index (χ4v) is 3.28. The lowest BCUT2D eigenvalue weighted by molar-refractivity contribution is -0.151. The van der Waals surface area contributed by atoms with Crippen LogP contribution in [0.15, 0.2) is 40.8 Å². The molecule has 2 aromatic rings. The van der Waals surface area contributed by atoms with Crippen LogP contribution in [-0.4, -0.2) is 45.4 Å². The molecule has 0 bridgehead atoms. The lowest BCUT2D eigenvalue weighted by Crippen LogP contribution is -2.51. The van der Waals surface area contributed by atoms with Crippen LogP contribution in [-0.2, 0) is 10.3 Å². The van der Waals surface area contributed by atoms with Crippen LogP contribution in [0.3, 0.4) is 0 Å². The van der Waals surface area contributed by atoms with E-state index in [-0.39, 0.29) is 0 Å². The number of piperidine rings is 1. The second kappa shape index (κ2) is 6.65. The summed E-state index contributed by atoms with van der Waals surface area (Å²) >= 11 is 0. The third-order valence-corrected chi connectivity index (χ3v) is 4.64. The van der Waals surface area contributed by atoms with E-state index in [2.05, 4.69) is 16.9 Å². The van der Waals surface area contributed by atoms with Gasteiger partial charge >= 0.3 is 5.97 Å². The van der Waals surface area contributed by atoms with E-state index in [9.17, 15) is 9.90 Å². The van der Waals surface area contributed by atoms with E-state index in [4.69, 9.17) is 4.42 Å². The van der Waals surface area contributed by atoms with E-state index < -0.39 is 11.5 Å². The minimum atomic E-state index is -0.927. The van der Waals surface area contributed by atoms with Crippen molar-refractivity contribution < 1.29 is 14.3 Å². The van der Waals surface area contributed by atoms with Gasteiger partial charge in [0.2, 0.25) is 0 Å². The molecule has 1 fully saturated rings. The molecule has 128 valence electrons. The van der Waals surface area contributed by atoms with Crippen molar-refractivity contribution in [3.8, 4) is 0 Å². The molecule has 1 N–H and O–H groups in total. The van der Waals surface area contributed by atoms with Crippen LogP contribution in [0.5, 0.6) is 0 Å². The molecule has 0 atom stereocenters. The van der Waals surface area contributed by atoms with E-state index in [1.807, 2.05) is 31.3 Å². The Morgan fingerprint density at radius 1 is 1.46 bits per heavy atom. The van der Waals surface area contributed by atoms with Crippen molar-refractivity contribution in [2.45, 2.75) is 32.2 Å². The van der Waals surface area contributed by atoms with Crippen LogP contribution in [0.2, 0.25) is 0 Å². The Hall–Kier alpha value is -2.34. The second-order valence-corrected chi connectivity index (χ2v) is 6.58. The molecule has 0 unspecified atom stereocenters. The zero-order chi connectivity index (χ0) is 17.2. The first-order chi connectivity index (χ1) is 11.5. The molecule has 0 amide bonds. The van der Waals surface area contributed by atoms with E-state index in [0.29, 0.717) is 12.8 Å². The Labute approximate surface area is 141 Å². The SMILES string of the molecule is CC(=Cc1ccco1)CN1CCC(C(=O)O)(n2cc(C)cn2)CC1. The molecule has 1 aliphatic heterocycles. The number of rotatable bonds is 5. The summed E-state index contributed by atoms with van der Waals surface area (Å²) in [6.45, 7) is 6.27. The lowest BCUT2D eigenvalue weighted by Gasteiger charge is -2.39. The molecule has 1 aliphatic rings. The van der Waals surface area contributed by atoms with Crippen molar-refractivity contribution in [3.63, 3.8) is 0 Å². The number of hydrogen-bond donors (Lipinski definition) is 1. The van der Waals surface area contributed by atoms with Gasteiger partial charge in [-0.3, -0.25) is 9.58 Å². The number of furan rings is 1. The Balaban J connectivity index is 1.66. The van der Waals surface area contributed by atoms with Gasteiger partial charge in [0.05, 0.1) is 12.5 Å². The molecule has 3 heterocycles. The molecule has 6 nitrogen and oxygen atoms in total. The van der Waals surface area contributed by atoms with Gasteiger partial charge in [-0.15, -0.1) is 0 Å². The Bertz CT molecular complexity index is 723. The van der Waals surface area contributed by atoms with Crippen LogP contribution in [0.1, 0.15) is 31.1 Å². The van der Waals surface area contributed by atoms with Crippen molar-refractivity contribution >= 4 is 12.0 Å². The molecule has 24 heavy (non-hydrogen) atoms. The Kier molecular flexibility index (Phi) is 4.57. The molecule has 0 spiro atoms. The van der Waals surface area contributed by atoms with Crippen LogP contribution in [0.4, 0.5) is 0 Å². The third kappa shape index (κ3) is 3.28. The minimum Gasteiger partial charge on any atom is -0.479 e. The molecule has 0 aliphatic carbocycles. The van der Waals surface area contributed by atoms with Crippen LogP contribution in [0.25, 0.3) is 6.08 Å². The molecule has 2 aromatic heterocycles. The van der Waals surface area contributed by atoms with Crippen LogP contribution >= 0.6 is 0 Å². The number of aliphatic carboxylic acids is 1. The van der Waals surface area contributed by atoms with Gasteiger partial charge in [-0.2, -0.15) is 5.10 Å². The van der Waals surface area contributed by atoms with Crippen LogP contribution in [0, 0.1) is 6.92 Å². The first kappa shape index (κ1) is 16.5. The first-order valence-corrected chi connectivity index (χ1v) is 8.18. The maximum atomic E-state index is 11.9. The molecule has 3 rings (SSSR count). The molecular weight excluding hydrogens is 306 g/mol. The number of aryl methyl sites for hydroxylation is 1. The predicted octanol–water partition coefficient (Wildman–Crippen LogP) is 2.76. The summed E-state index contributed by atoms with van der Waals surface area (Å²) in [6, 6.07) is 3.79. The Morgan fingerprint density at radius 3 is 2.75 bits per heavy atom. The molecule has 0 saturated carbocycles. The summed E-state index contributed by atoms with van der Waals surface area (Å²) in [4.78, 5) is 14.2. The van der Waals surface area contributed by atoms with Gasteiger partial charge in [0.25, 0.3) is 0 Å². The summed E-state index contributed by atoms with van der Waals surface area (Å²) in [6.07, 6.45) is 8.33. The Morgan fingerprint density at radius 2 is 2.21 bits per heavy atom. The number of likely N-dealkylation sites (tertiary alicyclic amines) is 1. The maximum absolute atomic E-state index is 11.9. The number of aromatic nitrogens is 2. The van der Waals surface area contributed by atoms with Crippen LogP contribution < -0.4 is 0 Å². The first-order valence-electron chi connectivity index (χ1n) is 8.18. The predicted molar refractivity (Wildman–Crippen MR) is 90.6 cm³/mol. The quantitative estimate of drug-likeness (QED) is 0.913. The monoisotopic (exact) mass is 329 g/mol. The zero-order valence-corrected chi connectivity index (χ0v) is 14.1. The molecule has 1 saturated heterocycles. The van der Waals surface area contributed by atoms with E-state index in [1.54, 1.807) is 17.1 Å². The zero-order valence-electron chi connectivity index (χ0n) is 14.1. The van der Waals surface area contributed by atoms with Crippen molar-refractivity contribution in [3.05, 3.63) is 47.7 Å². The number of carboxylic acid groups (broad SMARTS) is 1. The molecule has 0 aromatic carbocycles. The summed E-state index contributed by atoms with van der Waals surface area (Å²) < 4.78 is 6.97. The topological polar surface area (TPSA) is 71.5 Å². The van der Waals surface area contributed by atoms with Crippen molar-refractivity contribution in [2.24, 2.45) is 0 Å². The van der Waals surface area contributed by atoms with Gasteiger partial charge in [0.1, 0.15) is 5.76 Å². The number of carboxylic acids is 1. The number of hydrogen-bond acceptors (Lipinski definition) is 4. The summed E-state index contributed by atoms with van der Waals surface area (Å²) in [5.74, 6) is 0.0458. The molecule has 0 radical (unpaired) electrons. The summed E-state index contributed by atoms with van der Waals surface area (Å²) in [5, 5.41) is 14.0. The smallest absolute Gasteiger partial charge is 0.331 e. The van der Waals surface area contributed by atoms with Crippen molar-refractivity contribution in [1.82, 2.24) is 14.7 Å². The van der Waals surface area contributed by atoms with Gasteiger partial charge in [-0.25, -0.2) is 4.79 Å². The molecule has 6 heteroatoms. The normalized spacial score (nSPS) is 18.7. The van der Waals surface area contributed by atoms with Gasteiger partial charge in [-0.05, 0) is 50.5 Å². The van der Waals surface area contributed by atoms with Gasteiger partial charge in [0, 0.05) is 25.8 Å². The van der Waals surface area contributed by atoms with E-state index >= 15 is 0 Å². The highest BCUT2D eigenvalue weighted by Gasteiger charge is 2.44. The molecular formula is C18H23N3O3. The average molecular weight is 329 g/mol. The minimum absolute atomic E-state index is 0.553. The fourth-order valence-electron chi connectivity index (χ4n) is 3.28. The largest absolute Gasteiger partial charge is 0.479 e. The maximum Gasteiger partial charge on any atom is 0.331 e.